The molecule has 1 aliphatic rings. The third-order valence-electron chi connectivity index (χ3n) is 3.49. The molecule has 8 nitrogen and oxygen atoms in total. The molecule has 0 radical (unpaired) electrons. The molecular formula is C16H11N5O3. The number of aromatic hydroxyl groups is 1. The number of hydrazone groups is 2. The van der Waals surface area contributed by atoms with Gasteiger partial charge in [0.05, 0.1) is 12.3 Å². The van der Waals surface area contributed by atoms with E-state index < -0.39 is 17.7 Å². The lowest BCUT2D eigenvalue weighted by Gasteiger charge is -2.05. The molecule has 2 amide bonds. The van der Waals surface area contributed by atoms with E-state index >= 15 is 0 Å². The van der Waals surface area contributed by atoms with Crippen LogP contribution in [0.15, 0.2) is 46.6 Å². The maximum Gasteiger partial charge on any atom is 0.289 e. The van der Waals surface area contributed by atoms with Crippen LogP contribution < -0.4 is 10.9 Å². The zero-order valence-corrected chi connectivity index (χ0v) is 12.2. The average molecular weight is 321 g/mol. The number of carbonyl (C=O) groups is 2. The third kappa shape index (κ3) is 2.66. The summed E-state index contributed by atoms with van der Waals surface area (Å²) in [6, 6.07) is 12.4. The Kier molecular flexibility index (Phi) is 3.91. The molecule has 0 saturated carbocycles. The number of hydrogen-bond acceptors (Lipinski definition) is 6. The number of rotatable bonds is 3. The fourth-order valence-corrected chi connectivity index (χ4v) is 2.30. The van der Waals surface area contributed by atoms with E-state index in [0.29, 0.717) is 5.56 Å². The second-order valence-electron chi connectivity index (χ2n) is 4.95. The Hall–Kier alpha value is -3.73. The van der Waals surface area contributed by atoms with Crippen molar-refractivity contribution in [3.8, 4) is 11.8 Å². The number of phenolic OH excluding ortho intramolecular Hbond substituents is 1. The van der Waals surface area contributed by atoms with Crippen LogP contribution in [-0.4, -0.2) is 28.8 Å². The highest BCUT2D eigenvalue weighted by Gasteiger charge is 2.34. The molecule has 3 rings (SSSR count). The Balaban J connectivity index is 1.81. The van der Waals surface area contributed by atoms with Crippen molar-refractivity contribution in [1.82, 2.24) is 10.9 Å². The number of amides is 2. The second-order valence-corrected chi connectivity index (χ2v) is 4.95. The quantitative estimate of drug-likeness (QED) is 0.565. The molecule has 118 valence electrons. The zero-order chi connectivity index (χ0) is 17.1. The Bertz CT molecular complexity index is 942. The normalized spacial score (nSPS) is 16.7. The molecule has 1 atom stereocenters. The minimum Gasteiger partial charge on any atom is -0.507 e. The van der Waals surface area contributed by atoms with E-state index in [1.165, 1.54) is 12.3 Å². The van der Waals surface area contributed by atoms with Crippen molar-refractivity contribution in [1.29, 1.82) is 5.26 Å². The fourth-order valence-electron chi connectivity index (χ4n) is 2.30. The fraction of sp³-hybridized carbons (Fsp3) is 0.0625. The van der Waals surface area contributed by atoms with Gasteiger partial charge in [-0.15, -0.1) is 0 Å². The van der Waals surface area contributed by atoms with Crippen molar-refractivity contribution in [2.24, 2.45) is 16.1 Å². The van der Waals surface area contributed by atoms with Crippen LogP contribution in [0.5, 0.6) is 5.75 Å². The van der Waals surface area contributed by atoms with Gasteiger partial charge in [-0.05, 0) is 16.8 Å². The Morgan fingerprint density at radius 1 is 1.38 bits per heavy atom. The molecule has 0 aliphatic carbocycles. The van der Waals surface area contributed by atoms with Gasteiger partial charge in [-0.3, -0.25) is 9.59 Å². The number of nitrogens with one attached hydrogen (secondary N) is 2. The number of nitrogens with zero attached hydrogens (tertiary/aromatic N) is 3. The lowest BCUT2D eigenvalue weighted by molar-refractivity contribution is -0.121. The molecule has 0 bridgehead atoms. The highest BCUT2D eigenvalue weighted by molar-refractivity contribution is 6.45. The summed E-state index contributed by atoms with van der Waals surface area (Å²) in [4.78, 5) is 23.2. The molecule has 2 aromatic rings. The van der Waals surface area contributed by atoms with Gasteiger partial charge in [-0.25, -0.2) is 10.9 Å². The predicted octanol–water partition coefficient (Wildman–Crippen LogP) is 0.621. The lowest BCUT2D eigenvalue weighted by Crippen LogP contribution is -2.33. The van der Waals surface area contributed by atoms with Crippen molar-refractivity contribution in [3.05, 3.63) is 42.0 Å². The van der Waals surface area contributed by atoms with Gasteiger partial charge in [0.15, 0.2) is 11.6 Å². The highest BCUT2D eigenvalue weighted by Crippen LogP contribution is 2.25. The van der Waals surface area contributed by atoms with Gasteiger partial charge in [-0.1, -0.05) is 30.3 Å². The number of carbonyl (C=O) groups excluding carboxylic acids is 2. The summed E-state index contributed by atoms with van der Waals surface area (Å²) in [6.45, 7) is 0. The molecule has 8 heteroatoms. The largest absolute Gasteiger partial charge is 0.507 e. The van der Waals surface area contributed by atoms with Crippen LogP contribution >= 0.6 is 0 Å². The average Bonchev–Trinajstić information content (AvgIpc) is 2.97. The van der Waals surface area contributed by atoms with Crippen molar-refractivity contribution >= 4 is 34.5 Å². The zero-order valence-electron chi connectivity index (χ0n) is 12.2. The molecule has 1 heterocycles. The number of benzene rings is 2. The van der Waals surface area contributed by atoms with Gasteiger partial charge in [0.2, 0.25) is 0 Å². The molecule has 1 unspecified atom stereocenters. The van der Waals surface area contributed by atoms with E-state index in [4.69, 9.17) is 5.26 Å². The van der Waals surface area contributed by atoms with Crippen LogP contribution in [0.2, 0.25) is 0 Å². The standard InChI is InChI=1S/C16H11N5O3/c17-7-11-14(19-21-15(11)23)16(24)20-18-8-12-10-4-2-1-3-9(10)5-6-13(12)22/h1-6,8,11,22H,(H,20,24)(H,21,23)/b18-8+. The Labute approximate surface area is 136 Å². The van der Waals surface area contributed by atoms with Crippen molar-refractivity contribution < 1.29 is 14.7 Å². The number of fused-ring (bicyclic) bond motifs is 1. The Morgan fingerprint density at radius 3 is 2.96 bits per heavy atom. The molecule has 0 fully saturated rings. The van der Waals surface area contributed by atoms with Crippen LogP contribution in [0, 0.1) is 17.2 Å². The third-order valence-corrected chi connectivity index (χ3v) is 3.49. The van der Waals surface area contributed by atoms with E-state index in [2.05, 4.69) is 21.1 Å². The van der Waals surface area contributed by atoms with Gasteiger partial charge in [0.25, 0.3) is 11.8 Å². The smallest absolute Gasteiger partial charge is 0.289 e. The van der Waals surface area contributed by atoms with E-state index in [0.717, 1.165) is 10.8 Å². The topological polar surface area (TPSA) is 127 Å². The molecule has 0 saturated heterocycles. The molecule has 24 heavy (non-hydrogen) atoms. The summed E-state index contributed by atoms with van der Waals surface area (Å²) in [5, 5.41) is 27.8. The molecule has 0 aromatic heterocycles. The number of nitriles is 1. The van der Waals surface area contributed by atoms with Crippen LogP contribution in [0.25, 0.3) is 10.8 Å². The predicted molar refractivity (Wildman–Crippen MR) is 86.0 cm³/mol. The number of hydrogen-bond donors (Lipinski definition) is 3. The van der Waals surface area contributed by atoms with Gasteiger partial charge in [0.1, 0.15) is 5.75 Å². The summed E-state index contributed by atoms with van der Waals surface area (Å²) in [5.74, 6) is -2.67. The van der Waals surface area contributed by atoms with Gasteiger partial charge in [0, 0.05) is 5.56 Å². The van der Waals surface area contributed by atoms with E-state index in [-0.39, 0.29) is 11.5 Å². The van der Waals surface area contributed by atoms with Crippen molar-refractivity contribution in [2.45, 2.75) is 0 Å². The Morgan fingerprint density at radius 2 is 2.17 bits per heavy atom. The molecule has 1 aliphatic heterocycles. The number of phenols is 1. The highest BCUT2D eigenvalue weighted by atomic mass is 16.3. The molecular weight excluding hydrogens is 310 g/mol. The SMILES string of the molecule is N#CC1C(=O)NN=C1C(=O)N/N=C/c1c(O)ccc2ccccc12. The van der Waals surface area contributed by atoms with E-state index in [9.17, 15) is 14.7 Å². The minimum atomic E-state index is -1.26. The van der Waals surface area contributed by atoms with E-state index in [1.54, 1.807) is 12.1 Å². The second kappa shape index (κ2) is 6.18. The van der Waals surface area contributed by atoms with Crippen LogP contribution in [-0.2, 0) is 9.59 Å². The minimum absolute atomic E-state index is 0.0108. The van der Waals surface area contributed by atoms with E-state index in [1.807, 2.05) is 24.3 Å². The first-order valence-corrected chi connectivity index (χ1v) is 6.93. The van der Waals surface area contributed by atoms with Crippen molar-refractivity contribution in [3.63, 3.8) is 0 Å². The first-order chi connectivity index (χ1) is 11.6. The maximum atomic E-state index is 11.9. The first kappa shape index (κ1) is 15.2. The van der Waals surface area contributed by atoms with Gasteiger partial charge in [-0.2, -0.15) is 15.5 Å². The molecule has 2 aromatic carbocycles. The van der Waals surface area contributed by atoms with Crippen molar-refractivity contribution in [2.75, 3.05) is 0 Å². The summed E-state index contributed by atoms with van der Waals surface area (Å²) in [5.41, 5.74) is 4.45. The molecule has 0 spiro atoms. The van der Waals surface area contributed by atoms with Crippen LogP contribution in [0.1, 0.15) is 5.56 Å². The van der Waals surface area contributed by atoms with Gasteiger partial charge < -0.3 is 5.11 Å². The summed E-state index contributed by atoms with van der Waals surface area (Å²) < 4.78 is 0. The lowest BCUT2D eigenvalue weighted by atomic mass is 10.0. The van der Waals surface area contributed by atoms with Gasteiger partial charge >= 0.3 is 0 Å². The van der Waals surface area contributed by atoms with Crippen LogP contribution in [0.3, 0.4) is 0 Å². The van der Waals surface area contributed by atoms with Crippen LogP contribution in [0.4, 0.5) is 0 Å². The maximum absolute atomic E-state index is 11.9. The first-order valence-electron chi connectivity index (χ1n) is 6.93. The summed E-state index contributed by atoms with van der Waals surface area (Å²) in [7, 11) is 0. The monoisotopic (exact) mass is 321 g/mol. The molecule has 3 N–H and O–H groups in total. The summed E-state index contributed by atoms with van der Waals surface area (Å²) in [6.07, 6.45) is 1.29. The summed E-state index contributed by atoms with van der Waals surface area (Å²) >= 11 is 0.